The monoisotopic (exact) mass is 998 g/mol. The second kappa shape index (κ2) is 14.3. The summed E-state index contributed by atoms with van der Waals surface area (Å²) in [6.07, 6.45) is 0. The van der Waals surface area contributed by atoms with Gasteiger partial charge in [0.25, 0.3) is 13.4 Å². The first kappa shape index (κ1) is 41.2. The predicted octanol–water partition coefficient (Wildman–Crippen LogP) is 13.4. The van der Waals surface area contributed by atoms with E-state index in [-0.39, 0.29) is 13.4 Å². The van der Waals surface area contributed by atoms with Crippen LogP contribution in [0.25, 0.3) is 99.5 Å². The van der Waals surface area contributed by atoms with E-state index in [4.69, 9.17) is 9.47 Å². The van der Waals surface area contributed by atoms with Gasteiger partial charge in [0.05, 0.1) is 16.4 Å². The molecule has 0 saturated carbocycles. The van der Waals surface area contributed by atoms with E-state index < -0.39 is 5.41 Å². The van der Waals surface area contributed by atoms with Crippen LogP contribution < -0.4 is 42.3 Å². The molecule has 0 amide bonds. The second-order valence-electron chi connectivity index (χ2n) is 22.5. The molecule has 0 saturated heterocycles. The SMILES string of the molecule is c1ccc(-c2ccc3c(c2)c2cccc4c2n3-c2cccc3c2B4c2cc4c(cc2O3)C2(c3ccccc3-4)c3ccccc3-c3cc4c(cc32)Oc2cccc3c2B4c2cccc4c5cc(-c6ccccc6)ccc5n-3c24)cc1. The van der Waals surface area contributed by atoms with Gasteiger partial charge in [-0.1, -0.05) is 182 Å². The Labute approximate surface area is 455 Å². The van der Waals surface area contributed by atoms with Crippen molar-refractivity contribution in [1.29, 1.82) is 0 Å². The van der Waals surface area contributed by atoms with Gasteiger partial charge in [0.2, 0.25) is 0 Å². The summed E-state index contributed by atoms with van der Waals surface area (Å²) >= 11 is 0. The van der Waals surface area contributed by atoms with E-state index in [2.05, 4.69) is 252 Å². The lowest BCUT2D eigenvalue weighted by Crippen LogP contribution is -2.58. The molecule has 0 unspecified atom stereocenters. The highest BCUT2D eigenvalue weighted by Gasteiger charge is 2.54. The Hall–Kier alpha value is -10.0. The third-order valence-corrected chi connectivity index (χ3v) is 19.0. The molecule has 0 atom stereocenters. The third kappa shape index (κ3) is 4.89. The van der Waals surface area contributed by atoms with Crippen LogP contribution in [0.5, 0.6) is 23.0 Å². The van der Waals surface area contributed by atoms with Crippen molar-refractivity contribution in [3.8, 4) is 78.9 Å². The number of nitrogens with zero attached hydrogens (tertiary/aromatic N) is 2. The fraction of sp³-hybridized carbons (Fsp3) is 0.0137. The molecule has 360 valence electrons. The first-order chi connectivity index (χ1) is 39.2. The van der Waals surface area contributed by atoms with Gasteiger partial charge in [0.1, 0.15) is 23.0 Å². The van der Waals surface area contributed by atoms with Crippen LogP contribution in [0.3, 0.4) is 0 Å². The first-order valence-corrected chi connectivity index (χ1v) is 27.6. The van der Waals surface area contributed by atoms with Crippen molar-refractivity contribution in [2.45, 2.75) is 5.41 Å². The average molecular weight is 999 g/mol. The van der Waals surface area contributed by atoms with Gasteiger partial charge in [-0.3, -0.25) is 0 Å². The van der Waals surface area contributed by atoms with E-state index in [1.165, 1.54) is 155 Å². The highest BCUT2D eigenvalue weighted by Crippen LogP contribution is 2.64. The Bertz CT molecular complexity index is 4840. The zero-order chi connectivity index (χ0) is 51.0. The standard InChI is InChI=1S/C73H40B2N2O2/c1-3-15-41(16-4-1)43-31-33-61-51(35-43)47-21-11-25-57-71(47)76(61)63-27-13-29-65-69(63)74(57)59-37-49-45-19-7-9-23-53(45)73(55(49)39-67(59)78-65)54-24-10-8-20-46(54)50-38-60-68(40-56(50)73)79-66-30-14-28-64-70(66)75(60)58-26-12-22-48-52-36-44(42-17-5-2-6-18-42)32-34-62(52)77(64)72(48)58/h1-40H. The molecular formula is C73H40B2N2O2. The maximum absolute atomic E-state index is 7.35. The van der Waals surface area contributed by atoms with Crippen LogP contribution in [0.4, 0.5) is 0 Å². The van der Waals surface area contributed by atoms with Crippen molar-refractivity contribution in [1.82, 2.24) is 9.13 Å². The van der Waals surface area contributed by atoms with Crippen LogP contribution in [0.2, 0.25) is 0 Å². The molecule has 14 aromatic rings. The Morgan fingerprint density at radius 1 is 0.291 bits per heavy atom. The summed E-state index contributed by atoms with van der Waals surface area (Å²) in [5.74, 6) is 3.65. The number of para-hydroxylation sites is 2. The van der Waals surface area contributed by atoms with E-state index in [1.54, 1.807) is 0 Å². The van der Waals surface area contributed by atoms with Gasteiger partial charge < -0.3 is 18.6 Å². The van der Waals surface area contributed by atoms with Gasteiger partial charge in [-0.25, -0.2) is 0 Å². The van der Waals surface area contributed by atoms with Crippen molar-refractivity contribution in [3.05, 3.63) is 265 Å². The summed E-state index contributed by atoms with van der Waals surface area (Å²) in [5, 5.41) is 5.06. The predicted molar refractivity (Wildman–Crippen MR) is 325 cm³/mol. The molecule has 79 heavy (non-hydrogen) atoms. The van der Waals surface area contributed by atoms with Gasteiger partial charge in [-0.2, -0.15) is 0 Å². The Balaban J connectivity index is 0.800. The van der Waals surface area contributed by atoms with E-state index >= 15 is 0 Å². The maximum atomic E-state index is 7.35. The van der Waals surface area contributed by atoms with Crippen LogP contribution in [0.1, 0.15) is 22.3 Å². The van der Waals surface area contributed by atoms with Crippen LogP contribution in [-0.2, 0) is 5.41 Å². The minimum atomic E-state index is -0.635. The largest absolute Gasteiger partial charge is 0.458 e. The molecule has 4 nitrogen and oxygen atoms in total. The van der Waals surface area contributed by atoms with Crippen LogP contribution >= 0.6 is 0 Å². The molecule has 4 aliphatic heterocycles. The highest BCUT2D eigenvalue weighted by molar-refractivity contribution is 7.00. The smallest absolute Gasteiger partial charge is 0.256 e. The zero-order valence-corrected chi connectivity index (χ0v) is 42.5. The lowest BCUT2D eigenvalue weighted by molar-refractivity contribution is 0.485. The maximum Gasteiger partial charge on any atom is 0.256 e. The summed E-state index contributed by atoms with van der Waals surface area (Å²) in [5.41, 5.74) is 29.1. The highest BCUT2D eigenvalue weighted by atomic mass is 16.5. The Morgan fingerprint density at radius 3 is 1.22 bits per heavy atom. The number of aromatic nitrogens is 2. The molecule has 0 radical (unpaired) electrons. The van der Waals surface area contributed by atoms with E-state index in [0.717, 1.165) is 23.0 Å². The van der Waals surface area contributed by atoms with Gasteiger partial charge in [-0.05, 0) is 160 Å². The minimum absolute atomic E-state index is 0.0313. The molecule has 1 spiro atoms. The average Bonchev–Trinajstić information content (AvgIpc) is 3.50. The summed E-state index contributed by atoms with van der Waals surface area (Å²) in [7, 11) is 0. The van der Waals surface area contributed by atoms with Gasteiger partial charge in [-0.15, -0.1) is 0 Å². The van der Waals surface area contributed by atoms with Crippen molar-refractivity contribution in [2.24, 2.45) is 0 Å². The normalized spacial score (nSPS) is 14.3. The molecule has 6 heteroatoms. The minimum Gasteiger partial charge on any atom is -0.458 e. The first-order valence-electron chi connectivity index (χ1n) is 27.6. The molecule has 2 aromatic heterocycles. The van der Waals surface area contributed by atoms with Gasteiger partial charge in [0.15, 0.2) is 0 Å². The number of benzene rings is 12. The number of rotatable bonds is 2. The van der Waals surface area contributed by atoms with Crippen molar-refractivity contribution in [3.63, 3.8) is 0 Å². The van der Waals surface area contributed by atoms with Crippen molar-refractivity contribution < 1.29 is 9.47 Å². The fourth-order valence-corrected chi connectivity index (χ4v) is 16.0. The lowest BCUT2D eigenvalue weighted by atomic mass is 9.34. The molecule has 20 rings (SSSR count). The molecule has 12 aromatic carbocycles. The lowest BCUT2D eigenvalue weighted by Gasteiger charge is -2.36. The molecule has 6 aliphatic rings. The van der Waals surface area contributed by atoms with E-state index in [0.29, 0.717) is 0 Å². The summed E-state index contributed by atoms with van der Waals surface area (Å²) in [6, 6.07) is 90.8. The van der Waals surface area contributed by atoms with Crippen LogP contribution in [-0.4, -0.2) is 22.6 Å². The topological polar surface area (TPSA) is 28.3 Å². The van der Waals surface area contributed by atoms with Crippen LogP contribution in [0.15, 0.2) is 243 Å². The Morgan fingerprint density at radius 2 is 0.734 bits per heavy atom. The number of hydrogen-bond donors (Lipinski definition) is 0. The van der Waals surface area contributed by atoms with E-state index in [1.807, 2.05) is 0 Å². The molecule has 2 aliphatic carbocycles. The quantitative estimate of drug-likeness (QED) is 0.161. The van der Waals surface area contributed by atoms with Gasteiger partial charge >= 0.3 is 0 Å². The zero-order valence-electron chi connectivity index (χ0n) is 42.5. The van der Waals surface area contributed by atoms with E-state index in [9.17, 15) is 0 Å². The van der Waals surface area contributed by atoms with Gasteiger partial charge in [0, 0.05) is 44.0 Å². The second-order valence-corrected chi connectivity index (χ2v) is 22.5. The van der Waals surface area contributed by atoms with Crippen molar-refractivity contribution in [2.75, 3.05) is 0 Å². The fourth-order valence-electron chi connectivity index (χ4n) is 16.0. The molecular weight excluding hydrogens is 958 g/mol. The van der Waals surface area contributed by atoms with Crippen LogP contribution in [0, 0.1) is 0 Å². The number of hydrogen-bond acceptors (Lipinski definition) is 2. The van der Waals surface area contributed by atoms with Crippen molar-refractivity contribution >= 4 is 89.8 Å². The number of ether oxygens (including phenoxy) is 2. The molecule has 0 fully saturated rings. The summed E-state index contributed by atoms with van der Waals surface area (Å²) in [4.78, 5) is 0. The number of fused-ring (bicyclic) bond motifs is 24. The summed E-state index contributed by atoms with van der Waals surface area (Å²) in [6.45, 7) is -0.0627. The molecule has 0 bridgehead atoms. The molecule has 0 N–H and O–H groups in total. The molecule has 6 heterocycles. The third-order valence-electron chi connectivity index (χ3n) is 19.0. The summed E-state index contributed by atoms with van der Waals surface area (Å²) < 4.78 is 19.7. The Kier molecular flexibility index (Phi) is 7.46.